The van der Waals surface area contributed by atoms with Crippen molar-refractivity contribution in [1.82, 2.24) is 5.32 Å². The predicted octanol–water partition coefficient (Wildman–Crippen LogP) is 2.18. The van der Waals surface area contributed by atoms with Crippen molar-refractivity contribution in [2.24, 2.45) is 0 Å². The molecule has 8 heteroatoms. The summed E-state index contributed by atoms with van der Waals surface area (Å²) in [6.45, 7) is 3.37. The molecule has 2 amide bonds. The zero-order valence-corrected chi connectivity index (χ0v) is 13.2. The number of furan rings is 1. The standard InChI is InChI=1S/C16H17N3O5/c1-10-8-12(19(22)23)5-6-14(10)18-16(21)15(20)17-11(2)9-13-4-3-7-24-13/h3-8,11H,9H2,1-2H3,(H,17,20)(H,18,21). The van der Waals surface area contributed by atoms with Crippen LogP contribution in [0.2, 0.25) is 0 Å². The molecular weight excluding hydrogens is 314 g/mol. The monoisotopic (exact) mass is 331 g/mol. The summed E-state index contributed by atoms with van der Waals surface area (Å²) in [5.41, 5.74) is 0.760. The molecule has 0 saturated heterocycles. The van der Waals surface area contributed by atoms with E-state index in [2.05, 4.69) is 10.6 Å². The lowest BCUT2D eigenvalue weighted by atomic mass is 10.1. The van der Waals surface area contributed by atoms with Gasteiger partial charge in [0.15, 0.2) is 0 Å². The van der Waals surface area contributed by atoms with Gasteiger partial charge >= 0.3 is 11.8 Å². The van der Waals surface area contributed by atoms with Crippen LogP contribution in [0.1, 0.15) is 18.2 Å². The average molecular weight is 331 g/mol. The first kappa shape index (κ1) is 17.2. The van der Waals surface area contributed by atoms with Crippen molar-refractivity contribution in [1.29, 1.82) is 0 Å². The molecule has 0 aliphatic heterocycles. The molecule has 1 aromatic carbocycles. The molecule has 2 N–H and O–H groups in total. The van der Waals surface area contributed by atoms with Gasteiger partial charge in [0, 0.05) is 30.3 Å². The third-order valence-corrected chi connectivity index (χ3v) is 3.34. The highest BCUT2D eigenvalue weighted by atomic mass is 16.6. The Kier molecular flexibility index (Phi) is 5.31. The molecule has 0 aliphatic carbocycles. The van der Waals surface area contributed by atoms with Gasteiger partial charge in [-0.05, 0) is 37.6 Å². The van der Waals surface area contributed by atoms with Crippen LogP contribution in [0.4, 0.5) is 11.4 Å². The van der Waals surface area contributed by atoms with Crippen LogP contribution >= 0.6 is 0 Å². The zero-order valence-electron chi connectivity index (χ0n) is 13.2. The average Bonchev–Trinajstić information content (AvgIpc) is 3.01. The molecule has 126 valence electrons. The maximum absolute atomic E-state index is 11.9. The van der Waals surface area contributed by atoms with Crippen LogP contribution in [0.25, 0.3) is 0 Å². The number of anilines is 1. The van der Waals surface area contributed by atoms with E-state index in [1.807, 2.05) is 0 Å². The third kappa shape index (κ3) is 4.42. The lowest BCUT2D eigenvalue weighted by molar-refractivity contribution is -0.384. The van der Waals surface area contributed by atoms with Gasteiger partial charge in [0.1, 0.15) is 5.76 Å². The summed E-state index contributed by atoms with van der Waals surface area (Å²) in [6.07, 6.45) is 2.00. The van der Waals surface area contributed by atoms with Crippen LogP contribution in [-0.2, 0) is 16.0 Å². The number of hydrogen-bond acceptors (Lipinski definition) is 5. The van der Waals surface area contributed by atoms with Crippen LogP contribution in [0.3, 0.4) is 0 Å². The van der Waals surface area contributed by atoms with E-state index in [1.165, 1.54) is 24.5 Å². The fraction of sp³-hybridized carbons (Fsp3) is 0.250. The van der Waals surface area contributed by atoms with E-state index in [1.54, 1.807) is 26.0 Å². The van der Waals surface area contributed by atoms with Gasteiger partial charge in [0.2, 0.25) is 0 Å². The van der Waals surface area contributed by atoms with Crippen LogP contribution in [-0.4, -0.2) is 22.8 Å². The summed E-state index contributed by atoms with van der Waals surface area (Å²) in [5.74, 6) is -0.917. The second-order valence-electron chi connectivity index (χ2n) is 5.37. The van der Waals surface area contributed by atoms with Crippen molar-refractivity contribution < 1.29 is 18.9 Å². The van der Waals surface area contributed by atoms with Crippen molar-refractivity contribution in [3.63, 3.8) is 0 Å². The normalized spacial score (nSPS) is 11.6. The molecule has 1 aromatic heterocycles. The van der Waals surface area contributed by atoms with Crippen LogP contribution in [0, 0.1) is 17.0 Å². The van der Waals surface area contributed by atoms with Gasteiger partial charge in [0.05, 0.1) is 11.2 Å². The highest BCUT2D eigenvalue weighted by molar-refractivity contribution is 6.39. The summed E-state index contributed by atoms with van der Waals surface area (Å²) >= 11 is 0. The number of nitro benzene ring substituents is 1. The molecule has 0 spiro atoms. The molecule has 2 aromatic rings. The summed E-state index contributed by atoms with van der Waals surface area (Å²) < 4.78 is 5.18. The van der Waals surface area contributed by atoms with Gasteiger partial charge < -0.3 is 15.1 Å². The maximum Gasteiger partial charge on any atom is 0.313 e. The number of hydrogen-bond donors (Lipinski definition) is 2. The summed E-state index contributed by atoms with van der Waals surface area (Å²) in [7, 11) is 0. The molecule has 2 rings (SSSR count). The number of nitrogens with zero attached hydrogens (tertiary/aromatic N) is 1. The number of non-ortho nitro benzene ring substituents is 1. The molecule has 0 saturated carbocycles. The van der Waals surface area contributed by atoms with E-state index in [4.69, 9.17) is 4.42 Å². The quantitative estimate of drug-likeness (QED) is 0.495. The summed E-state index contributed by atoms with van der Waals surface area (Å²) in [5, 5.41) is 15.7. The van der Waals surface area contributed by atoms with Gasteiger partial charge in [-0.3, -0.25) is 19.7 Å². The smallest absolute Gasteiger partial charge is 0.313 e. The first-order valence-corrected chi connectivity index (χ1v) is 7.26. The number of benzene rings is 1. The van der Waals surface area contributed by atoms with Crippen molar-refractivity contribution in [3.05, 3.63) is 58.0 Å². The van der Waals surface area contributed by atoms with E-state index in [-0.39, 0.29) is 11.7 Å². The minimum Gasteiger partial charge on any atom is -0.469 e. The van der Waals surface area contributed by atoms with E-state index in [0.717, 1.165) is 0 Å². The van der Waals surface area contributed by atoms with E-state index < -0.39 is 16.7 Å². The SMILES string of the molecule is Cc1cc([N+](=O)[O-])ccc1NC(=O)C(=O)NC(C)Cc1ccco1. The number of aryl methyl sites for hydroxylation is 1. The number of amides is 2. The molecule has 24 heavy (non-hydrogen) atoms. The second kappa shape index (κ2) is 7.40. The van der Waals surface area contributed by atoms with Crippen molar-refractivity contribution in [3.8, 4) is 0 Å². The minimum atomic E-state index is -0.835. The van der Waals surface area contributed by atoms with Gasteiger partial charge in [-0.25, -0.2) is 0 Å². The summed E-state index contributed by atoms with van der Waals surface area (Å²) in [4.78, 5) is 34.0. The Bertz CT molecular complexity index is 755. The molecule has 1 atom stereocenters. The Balaban J connectivity index is 1.94. The van der Waals surface area contributed by atoms with Gasteiger partial charge in [0.25, 0.3) is 5.69 Å². The maximum atomic E-state index is 11.9. The molecule has 0 fully saturated rings. The topological polar surface area (TPSA) is 114 Å². The number of carbonyl (C=O) groups excluding carboxylic acids is 2. The van der Waals surface area contributed by atoms with Gasteiger partial charge in [-0.1, -0.05) is 0 Å². The van der Waals surface area contributed by atoms with Crippen LogP contribution in [0.15, 0.2) is 41.0 Å². The second-order valence-corrected chi connectivity index (χ2v) is 5.37. The largest absolute Gasteiger partial charge is 0.469 e. The Morgan fingerprint density at radius 1 is 1.29 bits per heavy atom. The highest BCUT2D eigenvalue weighted by Gasteiger charge is 2.18. The van der Waals surface area contributed by atoms with E-state index in [0.29, 0.717) is 23.4 Å². The van der Waals surface area contributed by atoms with Crippen LogP contribution in [0.5, 0.6) is 0 Å². The first-order valence-electron chi connectivity index (χ1n) is 7.26. The molecule has 0 bridgehead atoms. The number of nitrogens with one attached hydrogen (secondary N) is 2. The molecule has 0 radical (unpaired) electrons. The van der Waals surface area contributed by atoms with E-state index in [9.17, 15) is 19.7 Å². The third-order valence-electron chi connectivity index (χ3n) is 3.34. The van der Waals surface area contributed by atoms with Gasteiger partial charge in [-0.15, -0.1) is 0 Å². The highest BCUT2D eigenvalue weighted by Crippen LogP contribution is 2.21. The molecular formula is C16H17N3O5. The Labute approximate surface area is 138 Å². The van der Waals surface area contributed by atoms with Crippen molar-refractivity contribution in [2.45, 2.75) is 26.3 Å². The Hall–Kier alpha value is -3.16. The Morgan fingerprint density at radius 2 is 2.04 bits per heavy atom. The van der Waals surface area contributed by atoms with Crippen molar-refractivity contribution >= 4 is 23.2 Å². The number of nitro groups is 1. The minimum absolute atomic E-state index is 0.0815. The fourth-order valence-electron chi connectivity index (χ4n) is 2.15. The van der Waals surface area contributed by atoms with Crippen molar-refractivity contribution in [2.75, 3.05) is 5.32 Å². The summed E-state index contributed by atoms with van der Waals surface area (Å²) in [6, 6.07) is 7.22. The Morgan fingerprint density at radius 3 is 2.62 bits per heavy atom. The molecule has 0 aliphatic rings. The van der Waals surface area contributed by atoms with Gasteiger partial charge in [-0.2, -0.15) is 0 Å². The van der Waals surface area contributed by atoms with Crippen LogP contribution < -0.4 is 10.6 Å². The first-order chi connectivity index (χ1) is 11.4. The lowest BCUT2D eigenvalue weighted by Crippen LogP contribution is -2.41. The molecule has 8 nitrogen and oxygen atoms in total. The zero-order chi connectivity index (χ0) is 17.7. The lowest BCUT2D eigenvalue weighted by Gasteiger charge is -2.13. The molecule has 1 heterocycles. The number of rotatable bonds is 5. The molecule has 1 unspecified atom stereocenters. The van der Waals surface area contributed by atoms with E-state index >= 15 is 0 Å². The predicted molar refractivity (Wildman–Crippen MR) is 86.5 cm³/mol. The fourth-order valence-corrected chi connectivity index (χ4v) is 2.15. The number of carbonyl (C=O) groups is 2.